The highest BCUT2D eigenvalue weighted by atomic mass is 32.1. The highest BCUT2D eigenvalue weighted by Gasteiger charge is 2.22. The number of H-pyrrole nitrogens is 1. The summed E-state index contributed by atoms with van der Waals surface area (Å²) in [4.78, 5) is 17.0. The summed E-state index contributed by atoms with van der Waals surface area (Å²) in [5.41, 5.74) is 0.958. The van der Waals surface area contributed by atoms with Crippen LogP contribution in [0.15, 0.2) is 18.2 Å². The predicted molar refractivity (Wildman–Crippen MR) is 79.7 cm³/mol. The number of likely N-dealkylation sites (N-methyl/N-ethyl adjacent to an activating group) is 1. The molecule has 1 heterocycles. The molecule has 1 aromatic carbocycles. The van der Waals surface area contributed by atoms with E-state index in [2.05, 4.69) is 4.98 Å². The molecule has 20 heavy (non-hydrogen) atoms. The summed E-state index contributed by atoms with van der Waals surface area (Å²) in [5, 5.41) is 0. The Hall–Kier alpha value is -1.69. The number of nitrogens with zero attached hydrogens (tertiary/aromatic N) is 2. The first-order valence-corrected chi connectivity index (χ1v) is 7.09. The van der Waals surface area contributed by atoms with Crippen LogP contribution in [0.4, 0.5) is 4.39 Å². The number of hydrogen-bond acceptors (Lipinski definition) is 2. The van der Waals surface area contributed by atoms with E-state index in [1.165, 1.54) is 6.07 Å². The fourth-order valence-electron chi connectivity index (χ4n) is 2.41. The van der Waals surface area contributed by atoms with Crippen LogP contribution in [0.5, 0.6) is 0 Å². The van der Waals surface area contributed by atoms with E-state index >= 15 is 0 Å². The molecule has 1 amide bonds. The molecule has 1 aromatic heterocycles. The van der Waals surface area contributed by atoms with Gasteiger partial charge in [0.2, 0.25) is 5.91 Å². The van der Waals surface area contributed by atoms with Crippen molar-refractivity contribution in [2.24, 2.45) is 0 Å². The van der Waals surface area contributed by atoms with Crippen molar-refractivity contribution in [1.29, 1.82) is 0 Å². The lowest BCUT2D eigenvalue weighted by molar-refractivity contribution is -0.133. The van der Waals surface area contributed by atoms with Crippen molar-refractivity contribution < 1.29 is 9.18 Å². The molecule has 6 heteroatoms. The van der Waals surface area contributed by atoms with Gasteiger partial charge in [0.1, 0.15) is 17.4 Å². The number of nitrogens with one attached hydrogen (secondary N) is 1. The van der Waals surface area contributed by atoms with Crippen LogP contribution in [0.25, 0.3) is 11.0 Å². The van der Waals surface area contributed by atoms with Crippen LogP contribution in [-0.4, -0.2) is 33.4 Å². The Morgan fingerprint density at radius 2 is 2.10 bits per heavy atom. The minimum absolute atomic E-state index is 0.0174. The monoisotopic (exact) mass is 295 g/mol. The van der Waals surface area contributed by atoms with Crippen LogP contribution in [0.2, 0.25) is 0 Å². The molecular formula is C14H18FN3OS. The number of amides is 1. The molecule has 0 aliphatic heterocycles. The second-order valence-corrected chi connectivity index (χ2v) is 5.01. The van der Waals surface area contributed by atoms with Crippen molar-refractivity contribution in [1.82, 2.24) is 14.5 Å². The Labute approximate surface area is 122 Å². The third-order valence-electron chi connectivity index (χ3n) is 3.52. The van der Waals surface area contributed by atoms with Gasteiger partial charge in [-0.2, -0.15) is 0 Å². The molecule has 0 aliphatic rings. The van der Waals surface area contributed by atoms with Gasteiger partial charge in [-0.3, -0.25) is 4.79 Å². The fourth-order valence-corrected chi connectivity index (χ4v) is 2.77. The second kappa shape index (κ2) is 5.75. The average Bonchev–Trinajstić information content (AvgIpc) is 2.77. The largest absolute Gasteiger partial charge is 0.341 e. The van der Waals surface area contributed by atoms with Crippen molar-refractivity contribution in [2.45, 2.75) is 26.8 Å². The van der Waals surface area contributed by atoms with Gasteiger partial charge in [0.15, 0.2) is 4.77 Å². The zero-order valence-corrected chi connectivity index (χ0v) is 12.6. The van der Waals surface area contributed by atoms with Crippen LogP contribution in [0.1, 0.15) is 26.8 Å². The molecule has 4 nitrogen and oxygen atoms in total. The maximum atomic E-state index is 13.7. The molecule has 108 valence electrons. The lowest BCUT2D eigenvalue weighted by Gasteiger charge is -2.24. The molecule has 1 N–H and O–H groups in total. The number of para-hydroxylation sites is 1. The summed E-state index contributed by atoms with van der Waals surface area (Å²) in [6, 6.07) is 4.29. The Morgan fingerprint density at radius 1 is 1.45 bits per heavy atom. The van der Waals surface area contributed by atoms with Gasteiger partial charge >= 0.3 is 0 Å². The first-order chi connectivity index (χ1) is 9.51. The first-order valence-electron chi connectivity index (χ1n) is 6.68. The van der Waals surface area contributed by atoms with Crippen LogP contribution < -0.4 is 0 Å². The van der Waals surface area contributed by atoms with Gasteiger partial charge in [-0.05, 0) is 45.1 Å². The second-order valence-electron chi connectivity index (χ2n) is 4.62. The van der Waals surface area contributed by atoms with Crippen molar-refractivity contribution in [3.8, 4) is 0 Å². The number of halogens is 1. The van der Waals surface area contributed by atoms with Crippen molar-refractivity contribution in [3.63, 3.8) is 0 Å². The summed E-state index contributed by atoms with van der Waals surface area (Å²) in [6.45, 7) is 6.94. The summed E-state index contributed by atoms with van der Waals surface area (Å²) >= 11 is 5.24. The first kappa shape index (κ1) is 14.7. The number of hydrogen-bond donors (Lipinski definition) is 1. The predicted octanol–water partition coefficient (Wildman–Crippen LogP) is 3.27. The van der Waals surface area contributed by atoms with Crippen molar-refractivity contribution >= 4 is 29.2 Å². The van der Waals surface area contributed by atoms with Gasteiger partial charge in [-0.1, -0.05) is 6.07 Å². The normalized spacial score (nSPS) is 12.6. The standard InChI is InChI=1S/C14H18FN3OS/c1-4-17(5-2)13(19)9(3)18-11-8-6-7-10(15)12(11)16-14(18)20/h6-9H,4-5H2,1-3H3,(H,16,20). The van der Waals surface area contributed by atoms with Gasteiger partial charge in [0, 0.05) is 13.1 Å². The Morgan fingerprint density at radius 3 is 2.70 bits per heavy atom. The topological polar surface area (TPSA) is 41.0 Å². The number of fused-ring (bicyclic) bond motifs is 1. The average molecular weight is 295 g/mol. The van der Waals surface area contributed by atoms with Gasteiger partial charge in [0.25, 0.3) is 0 Å². The maximum Gasteiger partial charge on any atom is 0.245 e. The number of carbonyl (C=O) groups excluding carboxylic acids is 1. The fraction of sp³-hybridized carbons (Fsp3) is 0.429. The van der Waals surface area contributed by atoms with Crippen LogP contribution in [0, 0.1) is 10.6 Å². The van der Waals surface area contributed by atoms with Crippen LogP contribution in [0.3, 0.4) is 0 Å². The zero-order chi connectivity index (χ0) is 14.9. The quantitative estimate of drug-likeness (QED) is 0.880. The zero-order valence-electron chi connectivity index (χ0n) is 11.8. The Balaban J connectivity index is 2.53. The third kappa shape index (κ3) is 2.35. The van der Waals surface area contributed by atoms with Crippen molar-refractivity contribution in [3.05, 3.63) is 28.8 Å². The van der Waals surface area contributed by atoms with E-state index in [4.69, 9.17) is 12.2 Å². The number of benzene rings is 1. The van der Waals surface area contributed by atoms with E-state index in [9.17, 15) is 9.18 Å². The minimum Gasteiger partial charge on any atom is -0.341 e. The summed E-state index contributed by atoms with van der Waals surface area (Å²) in [5.74, 6) is -0.383. The smallest absolute Gasteiger partial charge is 0.245 e. The Kier molecular flexibility index (Phi) is 4.23. The summed E-state index contributed by atoms with van der Waals surface area (Å²) in [7, 11) is 0. The minimum atomic E-state index is -0.460. The highest BCUT2D eigenvalue weighted by Crippen LogP contribution is 2.22. The van der Waals surface area contributed by atoms with E-state index in [-0.39, 0.29) is 11.7 Å². The lowest BCUT2D eigenvalue weighted by Crippen LogP contribution is -2.36. The van der Waals surface area contributed by atoms with Gasteiger partial charge in [-0.15, -0.1) is 0 Å². The summed E-state index contributed by atoms with van der Waals surface area (Å²) < 4.78 is 15.8. The van der Waals surface area contributed by atoms with Gasteiger partial charge < -0.3 is 14.5 Å². The lowest BCUT2D eigenvalue weighted by atomic mass is 10.2. The molecule has 0 bridgehead atoms. The van der Waals surface area contributed by atoms with Gasteiger partial charge in [0.05, 0.1) is 5.52 Å². The van der Waals surface area contributed by atoms with E-state index < -0.39 is 6.04 Å². The van der Waals surface area contributed by atoms with E-state index in [1.807, 2.05) is 13.8 Å². The molecule has 2 rings (SSSR count). The number of aromatic nitrogens is 2. The molecule has 0 aliphatic carbocycles. The van der Waals surface area contributed by atoms with E-state index in [0.29, 0.717) is 28.9 Å². The van der Waals surface area contributed by atoms with Crippen LogP contribution in [-0.2, 0) is 4.79 Å². The Bertz CT molecular complexity index is 687. The summed E-state index contributed by atoms with van der Waals surface area (Å²) in [6.07, 6.45) is 0. The van der Waals surface area contributed by atoms with Crippen molar-refractivity contribution in [2.75, 3.05) is 13.1 Å². The number of carbonyl (C=O) groups is 1. The molecule has 1 unspecified atom stereocenters. The van der Waals surface area contributed by atoms with E-state index in [1.54, 1.807) is 28.5 Å². The van der Waals surface area contributed by atoms with E-state index in [0.717, 1.165) is 0 Å². The number of rotatable bonds is 4. The molecule has 0 spiro atoms. The number of imidazole rings is 1. The number of aromatic amines is 1. The molecular weight excluding hydrogens is 277 g/mol. The highest BCUT2D eigenvalue weighted by molar-refractivity contribution is 7.71. The molecule has 0 saturated carbocycles. The molecule has 0 saturated heterocycles. The molecule has 0 radical (unpaired) electrons. The maximum absolute atomic E-state index is 13.7. The van der Waals surface area contributed by atoms with Gasteiger partial charge in [-0.25, -0.2) is 4.39 Å². The molecule has 1 atom stereocenters. The molecule has 2 aromatic rings. The molecule has 0 fully saturated rings. The third-order valence-corrected chi connectivity index (χ3v) is 3.82. The van der Waals surface area contributed by atoms with Crippen LogP contribution >= 0.6 is 12.2 Å². The SMILES string of the molecule is CCN(CC)C(=O)C(C)n1c(=S)[nH]c2c(F)cccc21.